The Morgan fingerprint density at radius 3 is 2.62 bits per heavy atom. The van der Waals surface area contributed by atoms with E-state index in [1.807, 2.05) is 0 Å². The normalized spacial score (nSPS) is 10.8. The summed E-state index contributed by atoms with van der Waals surface area (Å²) in [7, 11) is 0. The number of nitrogens with two attached hydrogens (primary N) is 1. The summed E-state index contributed by atoms with van der Waals surface area (Å²) in [4.78, 5) is 1.45. The fourth-order valence-corrected chi connectivity index (χ4v) is 1.45. The van der Waals surface area contributed by atoms with Gasteiger partial charge in [-0.15, -0.1) is 0 Å². The summed E-state index contributed by atoms with van der Waals surface area (Å²) in [6.07, 6.45) is -1.84. The lowest BCUT2D eigenvalue weighted by Crippen LogP contribution is -2.31. The maximum absolute atomic E-state index is 12.9. The van der Waals surface area contributed by atoms with Gasteiger partial charge in [-0.3, -0.25) is 0 Å². The van der Waals surface area contributed by atoms with Gasteiger partial charge >= 0.3 is 0 Å². The van der Waals surface area contributed by atoms with Gasteiger partial charge in [0, 0.05) is 12.2 Å². The van der Waals surface area contributed by atoms with Gasteiger partial charge in [-0.05, 0) is 31.2 Å². The molecule has 1 aromatic carbocycles. The molecule has 0 aromatic heterocycles. The molecule has 0 bridgehead atoms. The van der Waals surface area contributed by atoms with E-state index < -0.39 is 18.8 Å². The van der Waals surface area contributed by atoms with Crippen molar-refractivity contribution in [1.29, 1.82) is 0 Å². The maximum atomic E-state index is 12.9. The van der Waals surface area contributed by atoms with Crippen LogP contribution in [0.1, 0.15) is 6.42 Å². The van der Waals surface area contributed by atoms with E-state index in [0.717, 1.165) is 0 Å². The molecule has 1 aromatic rings. The first-order chi connectivity index (χ1) is 7.63. The number of benzene rings is 1. The Labute approximate surface area is 92.9 Å². The van der Waals surface area contributed by atoms with Crippen LogP contribution in [0.25, 0.3) is 0 Å². The van der Waals surface area contributed by atoms with E-state index in [4.69, 9.17) is 5.73 Å². The van der Waals surface area contributed by atoms with E-state index >= 15 is 0 Å². The van der Waals surface area contributed by atoms with Crippen molar-refractivity contribution in [1.82, 2.24) is 0 Å². The molecule has 0 fully saturated rings. The lowest BCUT2D eigenvalue weighted by Gasteiger charge is -2.24. The van der Waals surface area contributed by atoms with E-state index in [-0.39, 0.29) is 0 Å². The van der Waals surface area contributed by atoms with Gasteiger partial charge in [0.1, 0.15) is 5.82 Å². The van der Waals surface area contributed by atoms with Crippen molar-refractivity contribution in [3.63, 3.8) is 0 Å². The number of rotatable bonds is 6. The Hall–Kier alpha value is -1.23. The minimum absolute atomic E-state index is 0.399. The van der Waals surface area contributed by atoms with Crippen LogP contribution in [0.4, 0.5) is 18.9 Å². The fraction of sp³-hybridized carbons (Fsp3) is 0.455. The van der Waals surface area contributed by atoms with Crippen LogP contribution in [0, 0.1) is 5.82 Å². The third-order valence-corrected chi connectivity index (χ3v) is 2.16. The smallest absolute Gasteiger partial charge is 0.255 e. The van der Waals surface area contributed by atoms with E-state index in [1.165, 1.54) is 23.1 Å². The van der Waals surface area contributed by atoms with E-state index in [2.05, 4.69) is 0 Å². The van der Waals surface area contributed by atoms with Crippen molar-refractivity contribution in [3.8, 4) is 0 Å². The number of hydrogen-bond donors (Lipinski definition) is 1. The Morgan fingerprint density at radius 1 is 1.31 bits per heavy atom. The van der Waals surface area contributed by atoms with Crippen LogP contribution in [0.5, 0.6) is 0 Å². The highest BCUT2D eigenvalue weighted by molar-refractivity contribution is 5.46. The molecular weight excluding hydrogens is 217 g/mol. The zero-order valence-electron chi connectivity index (χ0n) is 8.87. The number of hydrogen-bond acceptors (Lipinski definition) is 2. The fourth-order valence-electron chi connectivity index (χ4n) is 1.45. The van der Waals surface area contributed by atoms with Gasteiger partial charge in [0.15, 0.2) is 0 Å². The van der Waals surface area contributed by atoms with Crippen LogP contribution in [0.2, 0.25) is 0 Å². The van der Waals surface area contributed by atoms with Crippen LogP contribution in [0.3, 0.4) is 0 Å². The van der Waals surface area contributed by atoms with Crippen molar-refractivity contribution in [2.45, 2.75) is 12.8 Å². The molecule has 0 aliphatic heterocycles. The predicted molar refractivity (Wildman–Crippen MR) is 58.3 cm³/mol. The van der Waals surface area contributed by atoms with Gasteiger partial charge in [-0.2, -0.15) is 0 Å². The number of anilines is 1. The first kappa shape index (κ1) is 12.8. The topological polar surface area (TPSA) is 29.3 Å². The number of alkyl halides is 2. The maximum Gasteiger partial charge on any atom is 0.255 e. The summed E-state index contributed by atoms with van der Waals surface area (Å²) < 4.78 is 37.6. The molecule has 5 heteroatoms. The second-order valence-electron chi connectivity index (χ2n) is 3.46. The molecule has 0 saturated heterocycles. The zero-order chi connectivity index (χ0) is 12.0. The Bertz CT molecular complexity index is 318. The minimum atomic E-state index is -2.44. The quantitative estimate of drug-likeness (QED) is 0.815. The summed E-state index contributed by atoms with van der Waals surface area (Å²) in [6.45, 7) is 0.433. The van der Waals surface area contributed by atoms with Crippen molar-refractivity contribution in [3.05, 3.63) is 30.1 Å². The monoisotopic (exact) mass is 232 g/mol. The minimum Gasteiger partial charge on any atom is -0.366 e. The molecule has 1 rings (SSSR count). The molecule has 0 saturated carbocycles. The Kier molecular flexibility index (Phi) is 5.11. The summed E-state index contributed by atoms with van der Waals surface area (Å²) >= 11 is 0. The van der Waals surface area contributed by atoms with E-state index in [1.54, 1.807) is 6.07 Å². The highest BCUT2D eigenvalue weighted by atomic mass is 19.3. The lowest BCUT2D eigenvalue weighted by molar-refractivity contribution is 0.154. The van der Waals surface area contributed by atoms with Crippen LogP contribution >= 0.6 is 0 Å². The highest BCUT2D eigenvalue weighted by Gasteiger charge is 2.12. The summed E-state index contributed by atoms with van der Waals surface area (Å²) in [5, 5.41) is 0. The molecule has 0 spiro atoms. The third kappa shape index (κ3) is 4.10. The van der Waals surface area contributed by atoms with E-state index in [9.17, 15) is 13.2 Å². The molecule has 0 radical (unpaired) electrons. The van der Waals surface area contributed by atoms with Crippen LogP contribution in [0.15, 0.2) is 24.3 Å². The molecule has 0 heterocycles. The lowest BCUT2D eigenvalue weighted by atomic mass is 10.2. The third-order valence-electron chi connectivity index (χ3n) is 2.16. The molecule has 0 aliphatic rings. The largest absolute Gasteiger partial charge is 0.366 e. The second-order valence-corrected chi connectivity index (χ2v) is 3.46. The van der Waals surface area contributed by atoms with Gasteiger partial charge in [-0.25, -0.2) is 13.2 Å². The molecule has 0 aliphatic carbocycles. The summed E-state index contributed by atoms with van der Waals surface area (Å²) in [5.74, 6) is -0.426. The molecule has 0 amide bonds. The first-order valence-electron chi connectivity index (χ1n) is 5.12. The highest BCUT2D eigenvalue weighted by Crippen LogP contribution is 2.17. The predicted octanol–water partition coefficient (Wildman–Crippen LogP) is 2.25. The summed E-state index contributed by atoms with van der Waals surface area (Å²) in [6, 6.07) is 5.65. The van der Waals surface area contributed by atoms with E-state index in [0.29, 0.717) is 25.2 Å². The van der Waals surface area contributed by atoms with Gasteiger partial charge in [0.25, 0.3) is 6.43 Å². The zero-order valence-corrected chi connectivity index (χ0v) is 8.87. The summed E-state index contributed by atoms with van der Waals surface area (Å²) in [5.41, 5.74) is 5.79. The Morgan fingerprint density at radius 2 is 2.06 bits per heavy atom. The molecular formula is C11H15F3N2. The molecule has 90 valence electrons. The van der Waals surface area contributed by atoms with Crippen molar-refractivity contribution in [2.24, 2.45) is 5.73 Å². The second kappa shape index (κ2) is 6.37. The molecule has 0 unspecified atom stereocenters. The van der Waals surface area contributed by atoms with Gasteiger partial charge < -0.3 is 10.6 Å². The SMILES string of the molecule is NCCCN(CC(F)F)c1cccc(F)c1. The van der Waals surface area contributed by atoms with Crippen LogP contribution in [-0.4, -0.2) is 26.1 Å². The molecule has 16 heavy (non-hydrogen) atoms. The van der Waals surface area contributed by atoms with Crippen molar-refractivity contribution < 1.29 is 13.2 Å². The van der Waals surface area contributed by atoms with Crippen molar-refractivity contribution >= 4 is 5.69 Å². The number of nitrogens with zero attached hydrogens (tertiary/aromatic N) is 1. The van der Waals surface area contributed by atoms with Gasteiger partial charge in [0.05, 0.1) is 6.54 Å². The first-order valence-corrected chi connectivity index (χ1v) is 5.12. The van der Waals surface area contributed by atoms with Gasteiger partial charge in [-0.1, -0.05) is 6.07 Å². The molecule has 2 N–H and O–H groups in total. The molecule has 2 nitrogen and oxygen atoms in total. The molecule has 0 atom stereocenters. The number of halogens is 3. The van der Waals surface area contributed by atoms with Crippen LogP contribution < -0.4 is 10.6 Å². The Balaban J connectivity index is 2.74. The van der Waals surface area contributed by atoms with Crippen LogP contribution in [-0.2, 0) is 0 Å². The average Bonchev–Trinajstić information content (AvgIpc) is 2.23. The van der Waals surface area contributed by atoms with Crippen molar-refractivity contribution in [2.75, 3.05) is 24.5 Å². The average molecular weight is 232 g/mol. The van der Waals surface area contributed by atoms with Gasteiger partial charge in [0.2, 0.25) is 0 Å². The standard InChI is InChI=1S/C11H15F3N2/c12-9-3-1-4-10(7-9)16(6-2-5-15)8-11(13)14/h1,3-4,7,11H,2,5-6,8,15H2.